The van der Waals surface area contributed by atoms with E-state index >= 15 is 0 Å². The lowest BCUT2D eigenvalue weighted by molar-refractivity contribution is 0.0630. The number of allylic oxidation sites excluding steroid dienone is 3. The summed E-state index contributed by atoms with van der Waals surface area (Å²) in [5, 5.41) is 22.3. The molecular formula is C40H57N3O5. The van der Waals surface area contributed by atoms with Crippen LogP contribution in [-0.2, 0) is 4.74 Å². The zero-order chi connectivity index (χ0) is 34.9. The Hall–Kier alpha value is -3.91. The highest BCUT2D eigenvalue weighted by Crippen LogP contribution is 2.33. The lowest BCUT2D eigenvalue weighted by Gasteiger charge is -2.17. The summed E-state index contributed by atoms with van der Waals surface area (Å²) in [5.41, 5.74) is 1.65. The van der Waals surface area contributed by atoms with E-state index in [4.69, 9.17) is 29.2 Å². The number of hydrogen-bond donors (Lipinski definition) is 2. The molecular weight excluding hydrogens is 602 g/mol. The number of ether oxygens (including phenoxy) is 3. The Kier molecular flexibility index (Phi) is 16.4. The number of rotatable bonds is 21. The molecule has 48 heavy (non-hydrogen) atoms. The van der Waals surface area contributed by atoms with Gasteiger partial charge in [0.25, 0.3) is 0 Å². The van der Waals surface area contributed by atoms with E-state index in [2.05, 4.69) is 27.7 Å². The molecule has 1 heterocycles. The van der Waals surface area contributed by atoms with Crippen LogP contribution in [0.3, 0.4) is 0 Å². The third kappa shape index (κ3) is 11.7. The second-order valence-corrected chi connectivity index (χ2v) is 12.5. The van der Waals surface area contributed by atoms with Crippen molar-refractivity contribution in [1.82, 2.24) is 15.0 Å². The number of nitrogens with zero attached hydrogens (tertiary/aromatic N) is 3. The quantitative estimate of drug-likeness (QED) is 0.0859. The molecule has 262 valence electrons. The Bertz CT molecular complexity index is 1450. The van der Waals surface area contributed by atoms with Gasteiger partial charge in [0, 0.05) is 18.1 Å². The first-order valence-electron chi connectivity index (χ1n) is 17.8. The average Bonchev–Trinajstić information content (AvgIpc) is 3.11. The zero-order valence-electron chi connectivity index (χ0n) is 30.2. The van der Waals surface area contributed by atoms with Gasteiger partial charge in [-0.25, -0.2) is 15.0 Å². The van der Waals surface area contributed by atoms with Crippen molar-refractivity contribution in [3.63, 3.8) is 0 Å². The van der Waals surface area contributed by atoms with E-state index in [0.717, 1.165) is 37.7 Å². The smallest absolute Gasteiger partial charge is 0.167 e. The molecule has 3 atom stereocenters. The minimum atomic E-state index is -0.173. The second-order valence-electron chi connectivity index (χ2n) is 12.5. The molecule has 0 radical (unpaired) electrons. The number of methoxy groups -OCH3 is 1. The van der Waals surface area contributed by atoms with E-state index < -0.39 is 0 Å². The van der Waals surface area contributed by atoms with E-state index in [1.54, 1.807) is 19.2 Å². The van der Waals surface area contributed by atoms with Crippen LogP contribution in [0.1, 0.15) is 105 Å². The summed E-state index contributed by atoms with van der Waals surface area (Å²) < 4.78 is 17.6. The van der Waals surface area contributed by atoms with Crippen LogP contribution in [0.4, 0.5) is 0 Å². The zero-order valence-corrected chi connectivity index (χ0v) is 30.2. The number of aromatic hydroxyl groups is 1. The Morgan fingerprint density at radius 2 is 1.44 bits per heavy atom. The van der Waals surface area contributed by atoms with Gasteiger partial charge in [-0.2, -0.15) is 0 Å². The fourth-order valence-corrected chi connectivity index (χ4v) is 5.35. The van der Waals surface area contributed by atoms with E-state index in [0.29, 0.717) is 65.8 Å². The van der Waals surface area contributed by atoms with Crippen LogP contribution < -0.4 is 9.47 Å². The lowest BCUT2D eigenvalue weighted by atomic mass is 10.0. The standard InChI is InChI=1S/C40H57N3O5/c1-8-13-15-29(10-3)26-47-28(6)17-23-34(36(44)12-5)39-41-38(31-18-20-32(46-7)21-19-31)42-40(43-39)35-24-22-33(25-37(35)45)48-27-30(11-4)16-14-9-2/h17-25,28-30,44-45H,8-16,26-27H2,1-7H3/b23-17-,36-34-. The number of aliphatic hydroxyl groups is 1. The topological polar surface area (TPSA) is 107 Å². The fourth-order valence-electron chi connectivity index (χ4n) is 5.35. The number of benzene rings is 2. The molecule has 3 unspecified atom stereocenters. The van der Waals surface area contributed by atoms with Crippen molar-refractivity contribution in [2.24, 2.45) is 11.8 Å². The molecule has 0 fully saturated rings. The predicted octanol–water partition coefficient (Wildman–Crippen LogP) is 10.4. The van der Waals surface area contributed by atoms with Gasteiger partial charge in [0.15, 0.2) is 17.5 Å². The molecule has 1 aromatic heterocycles. The molecule has 3 rings (SSSR count). The van der Waals surface area contributed by atoms with Crippen molar-refractivity contribution in [1.29, 1.82) is 0 Å². The number of aromatic nitrogens is 3. The van der Waals surface area contributed by atoms with Crippen molar-refractivity contribution >= 4 is 5.57 Å². The van der Waals surface area contributed by atoms with E-state index in [1.807, 2.05) is 56.3 Å². The van der Waals surface area contributed by atoms with Gasteiger partial charge in [0.1, 0.15) is 23.0 Å². The molecule has 0 bridgehead atoms. The fraction of sp³-hybridized carbons (Fsp3) is 0.525. The second kappa shape index (κ2) is 20.5. The molecule has 0 saturated heterocycles. The number of hydrogen-bond acceptors (Lipinski definition) is 8. The average molecular weight is 660 g/mol. The summed E-state index contributed by atoms with van der Waals surface area (Å²) in [7, 11) is 1.62. The summed E-state index contributed by atoms with van der Waals surface area (Å²) in [5.74, 6) is 3.43. The number of unbranched alkanes of at least 4 members (excludes halogenated alkanes) is 2. The molecule has 0 saturated carbocycles. The third-order valence-electron chi connectivity index (χ3n) is 8.78. The molecule has 8 nitrogen and oxygen atoms in total. The minimum absolute atomic E-state index is 0.00305. The van der Waals surface area contributed by atoms with Crippen LogP contribution in [0.15, 0.2) is 60.4 Å². The monoisotopic (exact) mass is 659 g/mol. The summed E-state index contributed by atoms with van der Waals surface area (Å²) in [6.45, 7) is 14.0. The Morgan fingerprint density at radius 1 is 0.812 bits per heavy atom. The molecule has 8 heteroatoms. The SMILES string of the molecule is CCCCC(CC)COc1ccc(-c2nc(C(/C=C\C(C)OCC(CC)CCCC)=C(\O)CC)nc(-c3ccc(OC)cc3)n2)c(O)c1. The van der Waals surface area contributed by atoms with Crippen molar-refractivity contribution in [3.05, 3.63) is 66.2 Å². The first-order chi connectivity index (χ1) is 23.3. The van der Waals surface area contributed by atoms with Crippen LogP contribution >= 0.6 is 0 Å². The maximum absolute atomic E-state index is 11.2. The largest absolute Gasteiger partial charge is 0.512 e. The molecule has 3 aromatic rings. The Balaban J connectivity index is 1.99. The number of aliphatic hydroxyl groups excluding tert-OH is 1. The van der Waals surface area contributed by atoms with Gasteiger partial charge in [0.2, 0.25) is 0 Å². The third-order valence-corrected chi connectivity index (χ3v) is 8.78. The molecule has 0 aliphatic heterocycles. The van der Waals surface area contributed by atoms with Crippen molar-refractivity contribution in [2.45, 2.75) is 105 Å². The summed E-state index contributed by atoms with van der Waals surface area (Å²) >= 11 is 0. The van der Waals surface area contributed by atoms with Crippen LogP contribution in [-0.4, -0.2) is 51.6 Å². The lowest BCUT2D eigenvalue weighted by Crippen LogP contribution is -2.14. The van der Waals surface area contributed by atoms with Crippen molar-refractivity contribution < 1.29 is 24.4 Å². The molecule has 0 amide bonds. The van der Waals surface area contributed by atoms with Crippen LogP contribution in [0.2, 0.25) is 0 Å². The molecule has 0 spiro atoms. The van der Waals surface area contributed by atoms with Gasteiger partial charge in [-0.05, 0) is 74.1 Å². The van der Waals surface area contributed by atoms with E-state index in [9.17, 15) is 10.2 Å². The van der Waals surface area contributed by atoms with Gasteiger partial charge < -0.3 is 24.4 Å². The van der Waals surface area contributed by atoms with Crippen molar-refractivity contribution in [2.75, 3.05) is 20.3 Å². The van der Waals surface area contributed by atoms with E-state index in [-0.39, 0.29) is 23.4 Å². The van der Waals surface area contributed by atoms with Crippen LogP contribution in [0, 0.1) is 11.8 Å². The molecule has 2 aromatic carbocycles. The Labute approximate surface area is 288 Å². The maximum Gasteiger partial charge on any atom is 0.167 e. The normalized spacial score (nSPS) is 14.1. The Morgan fingerprint density at radius 3 is 2.02 bits per heavy atom. The highest BCUT2D eigenvalue weighted by atomic mass is 16.5. The van der Waals surface area contributed by atoms with Crippen molar-refractivity contribution in [3.8, 4) is 40.0 Å². The minimum Gasteiger partial charge on any atom is -0.512 e. The summed E-state index contributed by atoms with van der Waals surface area (Å²) in [6, 6.07) is 12.7. The van der Waals surface area contributed by atoms with Gasteiger partial charge >= 0.3 is 0 Å². The maximum atomic E-state index is 11.2. The van der Waals surface area contributed by atoms with Gasteiger partial charge in [-0.3, -0.25) is 0 Å². The van der Waals surface area contributed by atoms with Crippen LogP contribution in [0.25, 0.3) is 28.3 Å². The van der Waals surface area contributed by atoms with Gasteiger partial charge in [0.05, 0.1) is 37.6 Å². The highest BCUT2D eigenvalue weighted by Gasteiger charge is 2.18. The predicted molar refractivity (Wildman–Crippen MR) is 195 cm³/mol. The van der Waals surface area contributed by atoms with Crippen LogP contribution in [0.5, 0.6) is 17.2 Å². The molecule has 2 N–H and O–H groups in total. The van der Waals surface area contributed by atoms with Gasteiger partial charge in [-0.15, -0.1) is 0 Å². The molecule has 0 aliphatic rings. The first kappa shape index (κ1) is 38.5. The molecule has 0 aliphatic carbocycles. The highest BCUT2D eigenvalue weighted by molar-refractivity contribution is 5.75. The van der Waals surface area contributed by atoms with E-state index in [1.165, 1.54) is 19.3 Å². The van der Waals surface area contributed by atoms with Gasteiger partial charge in [-0.1, -0.05) is 79.2 Å². The number of phenolic OH excluding ortho intramolecular Hbond substituents is 1. The first-order valence-corrected chi connectivity index (χ1v) is 17.8. The summed E-state index contributed by atoms with van der Waals surface area (Å²) in [4.78, 5) is 14.4. The summed E-state index contributed by atoms with van der Waals surface area (Å²) in [6.07, 6.45) is 13.1. The number of phenols is 1.